The Morgan fingerprint density at radius 3 is 1.28 bits per heavy atom. The van der Waals surface area contributed by atoms with Crippen molar-refractivity contribution in [2.45, 2.75) is 244 Å². The minimum atomic E-state index is -4.62. The van der Waals surface area contributed by atoms with Gasteiger partial charge in [-0.15, -0.1) is 0 Å². The van der Waals surface area contributed by atoms with Crippen LogP contribution in [0.25, 0.3) is 0 Å². The molecule has 11 heteroatoms. The minimum absolute atomic E-state index is 0.168. The standard InChI is InChI=1S/C46H89O10P/c1-3-5-7-9-11-13-15-17-19-20-21-22-24-25-27-29-31-33-35-37-45(49)53-41-44(42-55-57(51,52)54-40-43(48)39-47)56-46(50)38-36-34-32-30-28-26-23-18-16-14-12-10-8-6-4-2/h26,28,43-44,47-48H,3-25,27,29-42H2,1-2H3,(H,51,52)/b28-26+/t43-,44+/m0/s1. The van der Waals surface area contributed by atoms with E-state index in [0.717, 1.165) is 44.9 Å². The van der Waals surface area contributed by atoms with Crippen LogP contribution < -0.4 is 0 Å². The van der Waals surface area contributed by atoms with Gasteiger partial charge >= 0.3 is 19.8 Å². The number of phosphoric acid groups is 1. The van der Waals surface area contributed by atoms with Crippen molar-refractivity contribution >= 4 is 19.8 Å². The number of phosphoric ester groups is 1. The predicted octanol–water partition coefficient (Wildman–Crippen LogP) is 12.8. The van der Waals surface area contributed by atoms with Gasteiger partial charge in [-0.05, 0) is 38.5 Å². The van der Waals surface area contributed by atoms with Crippen LogP contribution in [0.5, 0.6) is 0 Å². The summed E-state index contributed by atoms with van der Waals surface area (Å²) in [5.74, 6) is -0.930. The number of hydrogen-bond donors (Lipinski definition) is 3. The molecule has 57 heavy (non-hydrogen) atoms. The molecule has 0 aromatic rings. The highest BCUT2D eigenvalue weighted by Gasteiger charge is 2.27. The number of hydrogen-bond acceptors (Lipinski definition) is 9. The lowest BCUT2D eigenvalue weighted by Crippen LogP contribution is -2.29. The summed E-state index contributed by atoms with van der Waals surface area (Å²) in [7, 11) is -4.62. The van der Waals surface area contributed by atoms with Crippen LogP contribution in [0.1, 0.15) is 232 Å². The Kier molecular flexibility index (Phi) is 41.9. The van der Waals surface area contributed by atoms with Gasteiger partial charge in [-0.2, -0.15) is 0 Å². The Bertz CT molecular complexity index is 961. The quantitative estimate of drug-likeness (QED) is 0.0234. The second kappa shape index (κ2) is 42.8. The molecule has 0 fully saturated rings. The zero-order valence-electron chi connectivity index (χ0n) is 36.8. The van der Waals surface area contributed by atoms with Crippen molar-refractivity contribution in [2.24, 2.45) is 0 Å². The maximum absolute atomic E-state index is 12.6. The highest BCUT2D eigenvalue weighted by molar-refractivity contribution is 7.47. The first-order valence-electron chi connectivity index (χ1n) is 23.6. The van der Waals surface area contributed by atoms with Crippen LogP contribution in [-0.4, -0.2) is 65.7 Å². The molecule has 0 bridgehead atoms. The number of rotatable bonds is 45. The summed E-state index contributed by atoms with van der Waals surface area (Å²) in [5, 5.41) is 18.4. The van der Waals surface area contributed by atoms with Crippen LogP contribution >= 0.6 is 7.82 Å². The SMILES string of the molecule is CCCCCCCCCC/C=C/CCCCCC(=O)O[C@H](COC(=O)CCCCCCCCCCCCCCCCCCCCC)COP(=O)(O)OC[C@@H](O)CO. The van der Waals surface area contributed by atoms with Crippen LogP contribution in [0.3, 0.4) is 0 Å². The molecular weight excluding hydrogens is 743 g/mol. The van der Waals surface area contributed by atoms with Gasteiger partial charge < -0.3 is 24.6 Å². The number of aliphatic hydroxyl groups excluding tert-OH is 2. The normalized spacial score (nSPS) is 13.8. The topological polar surface area (TPSA) is 149 Å². The summed E-state index contributed by atoms with van der Waals surface area (Å²) < 4.78 is 32.8. The summed E-state index contributed by atoms with van der Waals surface area (Å²) in [6, 6.07) is 0. The Labute approximate surface area is 349 Å². The van der Waals surface area contributed by atoms with E-state index in [1.807, 2.05) is 0 Å². The number of carbonyl (C=O) groups is 2. The highest BCUT2D eigenvalue weighted by atomic mass is 31.2. The lowest BCUT2D eigenvalue weighted by atomic mass is 10.0. The second-order valence-electron chi connectivity index (χ2n) is 16.1. The van der Waals surface area contributed by atoms with Gasteiger partial charge in [-0.3, -0.25) is 18.6 Å². The van der Waals surface area contributed by atoms with Gasteiger partial charge in [0.25, 0.3) is 0 Å². The van der Waals surface area contributed by atoms with Gasteiger partial charge in [0.15, 0.2) is 6.10 Å². The van der Waals surface area contributed by atoms with E-state index in [0.29, 0.717) is 12.8 Å². The lowest BCUT2D eigenvalue weighted by Gasteiger charge is -2.20. The van der Waals surface area contributed by atoms with Crippen molar-refractivity contribution in [3.63, 3.8) is 0 Å². The van der Waals surface area contributed by atoms with E-state index in [2.05, 4.69) is 26.0 Å². The summed E-state index contributed by atoms with van der Waals surface area (Å²) in [6.07, 6.45) is 41.8. The van der Waals surface area contributed by atoms with Crippen molar-refractivity contribution < 1.29 is 47.8 Å². The molecule has 0 aliphatic heterocycles. The second-order valence-corrected chi connectivity index (χ2v) is 17.6. The molecule has 0 spiro atoms. The Balaban J connectivity index is 4.20. The summed E-state index contributed by atoms with van der Waals surface area (Å²) in [4.78, 5) is 35.0. The van der Waals surface area contributed by atoms with Gasteiger partial charge in [0, 0.05) is 12.8 Å². The lowest BCUT2D eigenvalue weighted by molar-refractivity contribution is -0.161. The fraction of sp³-hybridized carbons (Fsp3) is 0.913. The third-order valence-electron chi connectivity index (χ3n) is 10.4. The van der Waals surface area contributed by atoms with Gasteiger partial charge in [-0.25, -0.2) is 4.57 Å². The Morgan fingerprint density at radius 1 is 0.509 bits per heavy atom. The largest absolute Gasteiger partial charge is 0.472 e. The van der Waals surface area contributed by atoms with E-state index < -0.39 is 51.8 Å². The van der Waals surface area contributed by atoms with E-state index in [-0.39, 0.29) is 19.4 Å². The predicted molar refractivity (Wildman–Crippen MR) is 233 cm³/mol. The highest BCUT2D eigenvalue weighted by Crippen LogP contribution is 2.43. The first-order valence-corrected chi connectivity index (χ1v) is 25.1. The van der Waals surface area contributed by atoms with E-state index in [1.165, 1.54) is 148 Å². The first-order chi connectivity index (χ1) is 27.7. The molecule has 0 aromatic carbocycles. The molecule has 0 aromatic heterocycles. The van der Waals surface area contributed by atoms with Crippen LogP contribution in [0, 0.1) is 0 Å². The van der Waals surface area contributed by atoms with Gasteiger partial charge in [-0.1, -0.05) is 193 Å². The molecular formula is C46H89O10P. The number of allylic oxidation sites excluding steroid dienone is 2. The van der Waals surface area contributed by atoms with E-state index in [9.17, 15) is 24.2 Å². The summed E-state index contributed by atoms with van der Waals surface area (Å²) in [6.45, 7) is 2.40. The Morgan fingerprint density at radius 2 is 0.860 bits per heavy atom. The molecule has 1 unspecified atom stereocenters. The van der Waals surface area contributed by atoms with Crippen molar-refractivity contribution in [1.29, 1.82) is 0 Å². The van der Waals surface area contributed by atoms with Crippen molar-refractivity contribution in [1.82, 2.24) is 0 Å². The van der Waals surface area contributed by atoms with Crippen LogP contribution in [0.15, 0.2) is 12.2 Å². The van der Waals surface area contributed by atoms with Crippen LogP contribution in [0.2, 0.25) is 0 Å². The third kappa shape index (κ3) is 42.6. The molecule has 0 saturated heterocycles. The van der Waals surface area contributed by atoms with Crippen molar-refractivity contribution in [2.75, 3.05) is 26.4 Å². The molecule has 3 atom stereocenters. The maximum Gasteiger partial charge on any atom is 0.472 e. The third-order valence-corrected chi connectivity index (χ3v) is 11.4. The molecule has 0 heterocycles. The Hall–Kier alpha value is -1.29. The molecule has 3 N–H and O–H groups in total. The van der Waals surface area contributed by atoms with E-state index >= 15 is 0 Å². The van der Waals surface area contributed by atoms with Crippen molar-refractivity contribution in [3.05, 3.63) is 12.2 Å². The number of esters is 2. The number of carbonyl (C=O) groups excluding carboxylic acids is 2. The van der Waals surface area contributed by atoms with E-state index in [1.54, 1.807) is 0 Å². The average Bonchev–Trinajstić information content (AvgIpc) is 3.20. The summed E-state index contributed by atoms with van der Waals surface area (Å²) >= 11 is 0. The first kappa shape index (κ1) is 55.7. The van der Waals surface area contributed by atoms with Gasteiger partial charge in [0.2, 0.25) is 0 Å². The molecule has 10 nitrogen and oxygen atoms in total. The van der Waals surface area contributed by atoms with Crippen LogP contribution in [-0.2, 0) is 32.7 Å². The molecule has 0 aliphatic carbocycles. The van der Waals surface area contributed by atoms with E-state index in [4.69, 9.17) is 23.6 Å². The molecule has 0 rings (SSSR count). The zero-order chi connectivity index (χ0) is 41.9. The average molecular weight is 833 g/mol. The minimum Gasteiger partial charge on any atom is -0.462 e. The number of unbranched alkanes of at least 4 members (excludes halogenated alkanes) is 29. The fourth-order valence-electron chi connectivity index (χ4n) is 6.75. The fourth-order valence-corrected chi connectivity index (χ4v) is 7.54. The summed E-state index contributed by atoms with van der Waals surface area (Å²) in [5.41, 5.74) is 0. The number of aliphatic hydroxyl groups is 2. The molecule has 0 aliphatic rings. The zero-order valence-corrected chi connectivity index (χ0v) is 37.7. The van der Waals surface area contributed by atoms with Crippen LogP contribution in [0.4, 0.5) is 0 Å². The molecule has 0 radical (unpaired) electrons. The number of ether oxygens (including phenoxy) is 2. The smallest absolute Gasteiger partial charge is 0.462 e. The van der Waals surface area contributed by atoms with Crippen molar-refractivity contribution in [3.8, 4) is 0 Å². The molecule has 338 valence electrons. The monoisotopic (exact) mass is 833 g/mol. The molecule has 0 amide bonds. The maximum atomic E-state index is 12.6. The molecule has 0 saturated carbocycles. The van der Waals surface area contributed by atoms with Gasteiger partial charge in [0.05, 0.1) is 19.8 Å². The van der Waals surface area contributed by atoms with Gasteiger partial charge in [0.1, 0.15) is 12.7 Å².